The van der Waals surface area contributed by atoms with E-state index in [1.807, 2.05) is 31.2 Å². The highest BCUT2D eigenvalue weighted by Crippen LogP contribution is 2.18. The number of hydrogen-bond acceptors (Lipinski definition) is 3. The van der Waals surface area contributed by atoms with Gasteiger partial charge in [0.1, 0.15) is 5.75 Å². The van der Waals surface area contributed by atoms with Crippen molar-refractivity contribution in [3.05, 3.63) is 24.3 Å². The molecule has 0 aromatic heterocycles. The van der Waals surface area contributed by atoms with Crippen LogP contribution in [0.1, 0.15) is 13.3 Å². The summed E-state index contributed by atoms with van der Waals surface area (Å²) < 4.78 is 10.4. The number of benzene rings is 1. The molecular weight excluding hydrogens is 218 g/mol. The zero-order valence-corrected chi connectivity index (χ0v) is 9.94. The summed E-state index contributed by atoms with van der Waals surface area (Å²) in [7, 11) is 0. The molecule has 1 aliphatic heterocycles. The lowest BCUT2D eigenvalue weighted by Crippen LogP contribution is -2.31. The SMILES string of the molecule is CCOc1ccc(NC(=O)CC2COC2)cc1. The second-order valence-electron chi connectivity index (χ2n) is 4.11. The van der Waals surface area contributed by atoms with Crippen LogP contribution in [-0.4, -0.2) is 25.7 Å². The Morgan fingerprint density at radius 1 is 1.41 bits per heavy atom. The standard InChI is InChI=1S/C13H17NO3/c1-2-17-12-5-3-11(4-6-12)14-13(15)7-10-8-16-9-10/h3-6,10H,2,7-9H2,1H3,(H,14,15). The number of carbonyl (C=O) groups excluding carboxylic acids is 1. The number of nitrogens with one attached hydrogen (secondary N) is 1. The highest BCUT2D eigenvalue weighted by Gasteiger charge is 2.21. The predicted octanol–water partition coefficient (Wildman–Crippen LogP) is 2.06. The second kappa shape index (κ2) is 5.68. The third kappa shape index (κ3) is 3.46. The first kappa shape index (κ1) is 11.9. The van der Waals surface area contributed by atoms with Gasteiger partial charge in [-0.2, -0.15) is 0 Å². The molecule has 17 heavy (non-hydrogen) atoms. The molecule has 1 fully saturated rings. The van der Waals surface area contributed by atoms with Gasteiger partial charge in [0, 0.05) is 18.0 Å². The van der Waals surface area contributed by atoms with Crippen molar-refractivity contribution in [3.63, 3.8) is 0 Å². The van der Waals surface area contributed by atoms with E-state index in [1.165, 1.54) is 0 Å². The highest BCUT2D eigenvalue weighted by atomic mass is 16.5. The Kier molecular flexibility index (Phi) is 3.98. The van der Waals surface area contributed by atoms with Crippen molar-refractivity contribution in [1.29, 1.82) is 0 Å². The highest BCUT2D eigenvalue weighted by molar-refractivity contribution is 5.90. The van der Waals surface area contributed by atoms with Gasteiger partial charge in [0.15, 0.2) is 0 Å². The molecule has 1 aromatic rings. The number of carbonyl (C=O) groups is 1. The maximum atomic E-state index is 11.6. The first-order chi connectivity index (χ1) is 8.28. The van der Waals surface area contributed by atoms with Crippen LogP contribution < -0.4 is 10.1 Å². The van der Waals surface area contributed by atoms with Gasteiger partial charge >= 0.3 is 0 Å². The molecule has 1 aliphatic rings. The van der Waals surface area contributed by atoms with Gasteiger partial charge in [-0.15, -0.1) is 0 Å². The quantitative estimate of drug-likeness (QED) is 0.849. The van der Waals surface area contributed by atoms with Gasteiger partial charge in [-0.3, -0.25) is 4.79 Å². The Morgan fingerprint density at radius 2 is 2.12 bits per heavy atom. The Morgan fingerprint density at radius 3 is 2.65 bits per heavy atom. The lowest BCUT2D eigenvalue weighted by atomic mass is 10.0. The largest absolute Gasteiger partial charge is 0.494 e. The van der Waals surface area contributed by atoms with E-state index in [0.717, 1.165) is 11.4 Å². The molecule has 1 saturated heterocycles. The molecule has 0 aliphatic carbocycles. The van der Waals surface area contributed by atoms with Crippen LogP contribution in [0, 0.1) is 5.92 Å². The molecule has 92 valence electrons. The van der Waals surface area contributed by atoms with Crippen molar-refractivity contribution in [1.82, 2.24) is 0 Å². The number of hydrogen-bond donors (Lipinski definition) is 1. The van der Waals surface area contributed by atoms with Crippen molar-refractivity contribution in [2.75, 3.05) is 25.1 Å². The molecule has 0 saturated carbocycles. The third-order valence-electron chi connectivity index (χ3n) is 2.63. The topological polar surface area (TPSA) is 47.6 Å². The van der Waals surface area contributed by atoms with Crippen molar-refractivity contribution >= 4 is 11.6 Å². The molecule has 0 atom stereocenters. The minimum absolute atomic E-state index is 0.0439. The van der Waals surface area contributed by atoms with Crippen molar-refractivity contribution < 1.29 is 14.3 Å². The summed E-state index contributed by atoms with van der Waals surface area (Å²) in [6.07, 6.45) is 0.535. The summed E-state index contributed by atoms with van der Waals surface area (Å²) in [6, 6.07) is 7.40. The number of ether oxygens (including phenoxy) is 2. The van der Waals surface area contributed by atoms with Crippen molar-refractivity contribution in [2.24, 2.45) is 5.92 Å². The summed E-state index contributed by atoms with van der Waals surface area (Å²) in [5, 5.41) is 2.86. The van der Waals surface area contributed by atoms with Crippen LogP contribution in [0.25, 0.3) is 0 Å². The van der Waals surface area contributed by atoms with Crippen LogP contribution in [0.5, 0.6) is 5.75 Å². The molecule has 1 N–H and O–H groups in total. The van der Waals surface area contributed by atoms with Crippen LogP contribution in [0.15, 0.2) is 24.3 Å². The van der Waals surface area contributed by atoms with Gasteiger partial charge in [-0.05, 0) is 31.2 Å². The minimum atomic E-state index is 0.0439. The van der Waals surface area contributed by atoms with Crippen LogP contribution >= 0.6 is 0 Å². The summed E-state index contributed by atoms with van der Waals surface area (Å²) in [6.45, 7) is 4.00. The summed E-state index contributed by atoms with van der Waals surface area (Å²) in [4.78, 5) is 11.6. The van der Waals surface area contributed by atoms with E-state index in [4.69, 9.17) is 9.47 Å². The summed E-state index contributed by atoms with van der Waals surface area (Å²) in [5.74, 6) is 1.25. The van der Waals surface area contributed by atoms with E-state index in [1.54, 1.807) is 0 Å². The first-order valence-corrected chi connectivity index (χ1v) is 5.88. The number of anilines is 1. The van der Waals surface area contributed by atoms with Gasteiger partial charge in [0.2, 0.25) is 5.91 Å². The fourth-order valence-corrected chi connectivity index (χ4v) is 1.68. The molecule has 0 spiro atoms. The fourth-order valence-electron chi connectivity index (χ4n) is 1.68. The molecule has 4 heteroatoms. The van der Waals surface area contributed by atoms with Crippen LogP contribution in [0.3, 0.4) is 0 Å². The van der Waals surface area contributed by atoms with Crippen LogP contribution in [0.2, 0.25) is 0 Å². The molecule has 1 amide bonds. The van der Waals surface area contributed by atoms with Crippen LogP contribution in [-0.2, 0) is 9.53 Å². The smallest absolute Gasteiger partial charge is 0.224 e. The average Bonchev–Trinajstić information content (AvgIpc) is 2.27. The Bertz CT molecular complexity index is 371. The van der Waals surface area contributed by atoms with E-state index >= 15 is 0 Å². The van der Waals surface area contributed by atoms with Gasteiger partial charge < -0.3 is 14.8 Å². The lowest BCUT2D eigenvalue weighted by molar-refractivity contribution is -0.121. The zero-order valence-electron chi connectivity index (χ0n) is 9.94. The predicted molar refractivity (Wildman–Crippen MR) is 65.2 cm³/mol. The average molecular weight is 235 g/mol. The molecular formula is C13H17NO3. The molecule has 2 rings (SSSR count). The van der Waals surface area contributed by atoms with E-state index in [0.29, 0.717) is 32.2 Å². The van der Waals surface area contributed by atoms with Gasteiger partial charge in [0.05, 0.1) is 19.8 Å². The lowest BCUT2D eigenvalue weighted by Gasteiger charge is -2.25. The molecule has 4 nitrogen and oxygen atoms in total. The van der Waals surface area contributed by atoms with Gasteiger partial charge in [-0.25, -0.2) is 0 Å². The second-order valence-corrected chi connectivity index (χ2v) is 4.11. The molecule has 0 radical (unpaired) electrons. The van der Waals surface area contributed by atoms with Crippen molar-refractivity contribution in [3.8, 4) is 5.75 Å². The minimum Gasteiger partial charge on any atom is -0.494 e. The summed E-state index contributed by atoms with van der Waals surface area (Å²) in [5.41, 5.74) is 0.804. The van der Waals surface area contributed by atoms with E-state index in [2.05, 4.69) is 5.32 Å². The normalized spacial score (nSPS) is 15.1. The Labute approximate surface area is 101 Å². The molecule has 1 aromatic carbocycles. The van der Waals surface area contributed by atoms with Gasteiger partial charge in [0.25, 0.3) is 0 Å². The molecule has 1 heterocycles. The van der Waals surface area contributed by atoms with E-state index < -0.39 is 0 Å². The Hall–Kier alpha value is -1.55. The Balaban J connectivity index is 1.82. The maximum absolute atomic E-state index is 11.6. The first-order valence-electron chi connectivity index (χ1n) is 5.88. The number of rotatable bonds is 5. The zero-order chi connectivity index (χ0) is 12.1. The van der Waals surface area contributed by atoms with Gasteiger partial charge in [-0.1, -0.05) is 0 Å². The summed E-state index contributed by atoms with van der Waals surface area (Å²) >= 11 is 0. The monoisotopic (exact) mass is 235 g/mol. The molecule has 0 unspecified atom stereocenters. The molecule has 0 bridgehead atoms. The fraction of sp³-hybridized carbons (Fsp3) is 0.462. The van der Waals surface area contributed by atoms with Crippen LogP contribution in [0.4, 0.5) is 5.69 Å². The van der Waals surface area contributed by atoms with Crippen molar-refractivity contribution in [2.45, 2.75) is 13.3 Å². The maximum Gasteiger partial charge on any atom is 0.224 e. The van der Waals surface area contributed by atoms with E-state index in [-0.39, 0.29) is 5.91 Å². The van der Waals surface area contributed by atoms with E-state index in [9.17, 15) is 4.79 Å². The third-order valence-corrected chi connectivity index (χ3v) is 2.63. The number of amides is 1.